The van der Waals surface area contributed by atoms with Crippen LogP contribution in [0.2, 0.25) is 0 Å². The molecule has 10 heteroatoms. The van der Waals surface area contributed by atoms with E-state index in [4.69, 9.17) is 0 Å². The summed E-state index contributed by atoms with van der Waals surface area (Å²) in [5, 5.41) is 10.6. The van der Waals surface area contributed by atoms with Gasteiger partial charge in [-0.3, -0.25) is 14.4 Å². The first-order chi connectivity index (χ1) is 18.2. The van der Waals surface area contributed by atoms with Crippen LogP contribution in [-0.4, -0.2) is 58.9 Å². The van der Waals surface area contributed by atoms with Crippen molar-refractivity contribution in [1.29, 1.82) is 0 Å². The lowest BCUT2D eigenvalue weighted by Crippen LogP contribution is -2.28. The van der Waals surface area contributed by atoms with Crippen LogP contribution in [0.5, 0.6) is 0 Å². The second-order valence-electron chi connectivity index (χ2n) is 9.33. The maximum atomic E-state index is 12.9. The van der Waals surface area contributed by atoms with Crippen LogP contribution in [0.15, 0.2) is 66.3 Å². The van der Waals surface area contributed by atoms with E-state index in [2.05, 4.69) is 20.9 Å². The first-order valence-corrected chi connectivity index (χ1v) is 13.1. The average Bonchev–Trinajstić information content (AvgIpc) is 3.62. The number of nitrogens with one attached hydrogen (secondary N) is 3. The van der Waals surface area contributed by atoms with Crippen LogP contribution >= 0.6 is 11.3 Å². The molecule has 3 heterocycles. The fourth-order valence-electron chi connectivity index (χ4n) is 3.98. The third-order valence-corrected chi connectivity index (χ3v) is 6.97. The minimum Gasteiger partial charge on any atom is -0.351 e. The lowest BCUT2D eigenvalue weighted by molar-refractivity contribution is 0.0942. The molecule has 0 aliphatic rings. The zero-order valence-corrected chi connectivity index (χ0v) is 22.8. The normalized spacial score (nSPS) is 11.0. The summed E-state index contributed by atoms with van der Waals surface area (Å²) in [6.45, 7) is 1.48. The molecule has 0 saturated carbocycles. The molecule has 3 aromatic heterocycles. The summed E-state index contributed by atoms with van der Waals surface area (Å²) >= 11 is 1.35. The second kappa shape index (κ2) is 11.9. The molecule has 0 radical (unpaired) electrons. The molecule has 0 atom stereocenters. The van der Waals surface area contributed by atoms with Crippen molar-refractivity contribution < 1.29 is 14.4 Å². The van der Waals surface area contributed by atoms with Crippen LogP contribution in [0.1, 0.15) is 37.1 Å². The number of carbonyl (C=O) groups excluding carboxylic acids is 3. The zero-order valence-electron chi connectivity index (χ0n) is 21.9. The smallest absolute Gasteiger partial charge is 0.272 e. The van der Waals surface area contributed by atoms with E-state index in [1.54, 1.807) is 34.5 Å². The molecule has 0 fully saturated rings. The van der Waals surface area contributed by atoms with E-state index in [1.165, 1.54) is 11.3 Å². The first kappa shape index (κ1) is 26.9. The predicted octanol–water partition coefficient (Wildman–Crippen LogP) is 4.28. The Labute approximate surface area is 226 Å². The van der Waals surface area contributed by atoms with E-state index in [9.17, 15) is 14.4 Å². The third-order valence-electron chi connectivity index (χ3n) is 6.04. The highest BCUT2D eigenvalue weighted by Crippen LogP contribution is 2.28. The lowest BCUT2D eigenvalue weighted by Gasteiger charge is -2.10. The highest BCUT2D eigenvalue weighted by molar-refractivity contribution is 7.12. The van der Waals surface area contributed by atoms with E-state index in [0.717, 1.165) is 24.1 Å². The van der Waals surface area contributed by atoms with Gasteiger partial charge in [0, 0.05) is 38.7 Å². The quantitative estimate of drug-likeness (QED) is 0.266. The molecule has 9 nitrogen and oxygen atoms in total. The number of aryl methyl sites for hydroxylation is 2. The topological polar surface area (TPSA) is 100 Å². The molecule has 4 rings (SSSR count). The number of thiophene rings is 1. The molecular weight excluding hydrogens is 500 g/mol. The van der Waals surface area contributed by atoms with Crippen molar-refractivity contribution in [1.82, 2.24) is 19.4 Å². The first-order valence-electron chi connectivity index (χ1n) is 12.2. The van der Waals surface area contributed by atoms with Crippen molar-refractivity contribution >= 4 is 40.4 Å². The molecule has 4 aromatic rings. The zero-order chi connectivity index (χ0) is 27.2. The average molecular weight is 533 g/mol. The van der Waals surface area contributed by atoms with Crippen LogP contribution in [-0.2, 0) is 14.1 Å². The molecule has 0 bridgehead atoms. The molecule has 0 saturated heterocycles. The van der Waals surface area contributed by atoms with Crippen LogP contribution in [0.4, 0.5) is 11.4 Å². The van der Waals surface area contributed by atoms with Crippen molar-refractivity contribution in [2.24, 2.45) is 14.1 Å². The van der Waals surface area contributed by atoms with Gasteiger partial charge in [-0.05, 0) is 80.0 Å². The largest absolute Gasteiger partial charge is 0.351 e. The number of aromatic nitrogens is 2. The molecule has 1 aromatic carbocycles. The van der Waals surface area contributed by atoms with E-state index >= 15 is 0 Å². The molecule has 0 spiro atoms. The van der Waals surface area contributed by atoms with E-state index in [0.29, 0.717) is 34.2 Å². The number of benzene rings is 1. The summed E-state index contributed by atoms with van der Waals surface area (Å²) in [6.07, 6.45) is 4.41. The van der Waals surface area contributed by atoms with Gasteiger partial charge in [0.25, 0.3) is 17.7 Å². The van der Waals surface area contributed by atoms with Gasteiger partial charge in [0.1, 0.15) is 11.4 Å². The van der Waals surface area contributed by atoms with E-state index in [1.807, 2.05) is 69.1 Å². The Morgan fingerprint density at radius 3 is 2.26 bits per heavy atom. The molecule has 0 aliphatic carbocycles. The Morgan fingerprint density at radius 1 is 0.842 bits per heavy atom. The number of nitrogens with zero attached hydrogens (tertiary/aromatic N) is 3. The van der Waals surface area contributed by atoms with Gasteiger partial charge in [0.05, 0.1) is 10.6 Å². The Kier molecular flexibility index (Phi) is 8.45. The SMILES string of the molecule is CN(C)CCCNC(=O)c1cc(NC(=O)c2cc(-c3ccc(NC(=O)c4cccn4C)cc3)cs2)cn1C. The van der Waals surface area contributed by atoms with Gasteiger partial charge in [-0.1, -0.05) is 12.1 Å². The van der Waals surface area contributed by atoms with Gasteiger partial charge in [0.15, 0.2) is 0 Å². The van der Waals surface area contributed by atoms with Gasteiger partial charge in [-0.15, -0.1) is 11.3 Å². The Bertz CT molecular complexity index is 1430. The molecule has 3 amide bonds. The fraction of sp³-hybridized carbons (Fsp3) is 0.250. The molecule has 0 unspecified atom stereocenters. The molecule has 38 heavy (non-hydrogen) atoms. The summed E-state index contributed by atoms with van der Waals surface area (Å²) < 4.78 is 3.47. The van der Waals surface area contributed by atoms with Crippen molar-refractivity contribution in [2.45, 2.75) is 6.42 Å². The summed E-state index contributed by atoms with van der Waals surface area (Å²) in [4.78, 5) is 40.4. The Morgan fingerprint density at radius 2 is 1.58 bits per heavy atom. The highest BCUT2D eigenvalue weighted by atomic mass is 32.1. The van der Waals surface area contributed by atoms with Crippen LogP contribution in [0.3, 0.4) is 0 Å². The number of hydrogen-bond donors (Lipinski definition) is 3. The number of carbonyl (C=O) groups is 3. The van der Waals surface area contributed by atoms with Gasteiger partial charge in [-0.2, -0.15) is 0 Å². The van der Waals surface area contributed by atoms with Crippen molar-refractivity contribution in [3.63, 3.8) is 0 Å². The minimum atomic E-state index is -0.240. The highest BCUT2D eigenvalue weighted by Gasteiger charge is 2.16. The Hall–Kier alpha value is -4.15. The maximum Gasteiger partial charge on any atom is 0.272 e. The second-order valence-corrected chi connectivity index (χ2v) is 10.2. The maximum absolute atomic E-state index is 12.9. The van der Waals surface area contributed by atoms with Crippen molar-refractivity contribution in [3.8, 4) is 11.1 Å². The molecule has 0 aliphatic heterocycles. The summed E-state index contributed by atoms with van der Waals surface area (Å²) in [5.41, 5.74) is 4.15. The van der Waals surface area contributed by atoms with Crippen LogP contribution in [0, 0.1) is 0 Å². The summed E-state index contributed by atoms with van der Waals surface area (Å²) in [6, 6.07) is 14.6. The van der Waals surface area contributed by atoms with Crippen LogP contribution in [0.25, 0.3) is 11.1 Å². The van der Waals surface area contributed by atoms with Gasteiger partial charge >= 0.3 is 0 Å². The lowest BCUT2D eigenvalue weighted by atomic mass is 10.1. The third kappa shape index (κ3) is 6.58. The van der Waals surface area contributed by atoms with E-state index in [-0.39, 0.29) is 17.7 Å². The van der Waals surface area contributed by atoms with Crippen molar-refractivity contribution in [3.05, 3.63) is 82.6 Å². The fourth-order valence-corrected chi connectivity index (χ4v) is 4.80. The Balaban J connectivity index is 1.35. The van der Waals surface area contributed by atoms with Gasteiger partial charge in [-0.25, -0.2) is 0 Å². The monoisotopic (exact) mass is 532 g/mol. The number of amides is 3. The van der Waals surface area contributed by atoms with Crippen LogP contribution < -0.4 is 16.0 Å². The molecule has 3 N–H and O–H groups in total. The van der Waals surface area contributed by atoms with Gasteiger partial charge in [0.2, 0.25) is 0 Å². The number of anilines is 2. The predicted molar refractivity (Wildman–Crippen MR) is 152 cm³/mol. The summed E-state index contributed by atoms with van der Waals surface area (Å²) in [7, 11) is 7.59. The molecule has 198 valence electrons. The number of rotatable bonds is 10. The minimum absolute atomic E-state index is 0.173. The molecular formula is C28H32N6O3S. The van der Waals surface area contributed by atoms with Gasteiger partial charge < -0.3 is 30.0 Å². The standard InChI is InChI=1S/C28H32N6O3S/c1-32(2)13-6-12-29-26(35)24-16-22(17-34(24)4)31-28(37)25-15-20(18-38-25)19-8-10-21(11-9-19)30-27(36)23-7-5-14-33(23)3/h5,7-11,14-18H,6,12-13H2,1-4H3,(H,29,35)(H,30,36)(H,31,37). The summed E-state index contributed by atoms with van der Waals surface area (Å²) in [5.74, 6) is -0.588. The van der Waals surface area contributed by atoms with E-state index < -0.39 is 0 Å². The van der Waals surface area contributed by atoms with Crippen molar-refractivity contribution in [2.75, 3.05) is 37.8 Å². The number of hydrogen-bond acceptors (Lipinski definition) is 5.